The van der Waals surface area contributed by atoms with E-state index in [1.54, 1.807) is 12.1 Å². The van der Waals surface area contributed by atoms with E-state index in [9.17, 15) is 12.8 Å². The largest absolute Gasteiger partial charge is 0.494 e. The van der Waals surface area contributed by atoms with Crippen molar-refractivity contribution in [3.8, 4) is 5.75 Å². The molecule has 0 unspecified atom stereocenters. The van der Waals surface area contributed by atoms with Crippen LogP contribution < -0.4 is 9.46 Å². The summed E-state index contributed by atoms with van der Waals surface area (Å²) in [5, 5.41) is 1.68. The number of hydrogen-bond acceptors (Lipinski definition) is 3. The van der Waals surface area contributed by atoms with Gasteiger partial charge in [0.15, 0.2) is 11.6 Å². The van der Waals surface area contributed by atoms with Crippen LogP contribution in [0.2, 0.25) is 0 Å². The van der Waals surface area contributed by atoms with Crippen LogP contribution in [0.15, 0.2) is 65.6 Å². The minimum Gasteiger partial charge on any atom is -0.494 e. The van der Waals surface area contributed by atoms with Crippen molar-refractivity contribution in [2.24, 2.45) is 0 Å². The van der Waals surface area contributed by atoms with Gasteiger partial charge in [0.05, 0.1) is 17.7 Å². The summed E-state index contributed by atoms with van der Waals surface area (Å²) in [4.78, 5) is -0.163. The van der Waals surface area contributed by atoms with Crippen molar-refractivity contribution in [3.05, 3.63) is 66.5 Å². The molecule has 0 fully saturated rings. The summed E-state index contributed by atoms with van der Waals surface area (Å²) < 4.78 is 46.0. The van der Waals surface area contributed by atoms with E-state index in [1.165, 1.54) is 19.2 Å². The average molecular weight is 331 g/mol. The molecule has 3 aromatic rings. The van der Waals surface area contributed by atoms with Crippen LogP contribution in [0.3, 0.4) is 0 Å². The van der Waals surface area contributed by atoms with Crippen LogP contribution in [0.25, 0.3) is 10.8 Å². The van der Waals surface area contributed by atoms with Crippen LogP contribution in [0.5, 0.6) is 5.75 Å². The zero-order chi connectivity index (χ0) is 16.4. The number of fused-ring (bicyclic) bond motifs is 1. The molecular formula is C17H14FNO3S. The second-order valence-corrected chi connectivity index (χ2v) is 6.61. The van der Waals surface area contributed by atoms with E-state index in [0.29, 0.717) is 5.69 Å². The molecule has 0 amide bonds. The van der Waals surface area contributed by atoms with Crippen molar-refractivity contribution < 1.29 is 17.5 Å². The second-order valence-electron chi connectivity index (χ2n) is 4.93. The molecule has 4 nitrogen and oxygen atoms in total. The summed E-state index contributed by atoms with van der Waals surface area (Å²) in [6.45, 7) is 0. The molecule has 0 aromatic heterocycles. The topological polar surface area (TPSA) is 55.4 Å². The highest BCUT2D eigenvalue weighted by Crippen LogP contribution is 2.27. The molecule has 6 heteroatoms. The van der Waals surface area contributed by atoms with E-state index in [1.807, 2.05) is 30.3 Å². The van der Waals surface area contributed by atoms with Crippen LogP contribution in [0, 0.1) is 5.82 Å². The van der Waals surface area contributed by atoms with E-state index < -0.39 is 15.8 Å². The molecule has 3 rings (SSSR count). The van der Waals surface area contributed by atoms with Gasteiger partial charge >= 0.3 is 0 Å². The number of sulfonamides is 1. The smallest absolute Gasteiger partial charge is 0.262 e. The van der Waals surface area contributed by atoms with Crippen molar-refractivity contribution >= 4 is 26.5 Å². The molecule has 0 aliphatic rings. The zero-order valence-electron chi connectivity index (χ0n) is 12.3. The van der Waals surface area contributed by atoms with Gasteiger partial charge in [0.1, 0.15) is 0 Å². The molecule has 0 atom stereocenters. The summed E-state index contributed by atoms with van der Waals surface area (Å²) >= 11 is 0. The Kier molecular flexibility index (Phi) is 3.92. The van der Waals surface area contributed by atoms with Gasteiger partial charge in [-0.3, -0.25) is 4.72 Å². The highest BCUT2D eigenvalue weighted by atomic mass is 32.2. The molecule has 23 heavy (non-hydrogen) atoms. The number of nitrogens with one attached hydrogen (secondary N) is 1. The number of anilines is 1. The average Bonchev–Trinajstić information content (AvgIpc) is 2.55. The minimum absolute atomic E-state index is 0.00545. The van der Waals surface area contributed by atoms with Crippen molar-refractivity contribution in [1.29, 1.82) is 0 Å². The second kappa shape index (κ2) is 5.89. The first-order valence-corrected chi connectivity index (χ1v) is 8.34. The van der Waals surface area contributed by atoms with Crippen LogP contribution in [-0.2, 0) is 10.0 Å². The molecule has 0 saturated carbocycles. The van der Waals surface area contributed by atoms with Gasteiger partial charge in [0.25, 0.3) is 10.0 Å². The van der Waals surface area contributed by atoms with E-state index >= 15 is 0 Å². The molecule has 0 aliphatic heterocycles. The first-order valence-electron chi connectivity index (χ1n) is 6.85. The summed E-state index contributed by atoms with van der Waals surface area (Å²) in [6, 6.07) is 16.2. The maximum atomic E-state index is 13.8. The van der Waals surface area contributed by atoms with Gasteiger partial charge in [-0.15, -0.1) is 0 Å². The van der Waals surface area contributed by atoms with Crippen molar-refractivity contribution in [3.63, 3.8) is 0 Å². The lowest BCUT2D eigenvalue weighted by Crippen LogP contribution is -2.13. The predicted molar refractivity (Wildman–Crippen MR) is 87.7 cm³/mol. The lowest BCUT2D eigenvalue weighted by atomic mass is 10.1. The van der Waals surface area contributed by atoms with Gasteiger partial charge in [-0.2, -0.15) is 0 Å². The molecule has 0 heterocycles. The maximum Gasteiger partial charge on any atom is 0.262 e. The van der Waals surface area contributed by atoms with Gasteiger partial charge in [-0.1, -0.05) is 36.4 Å². The Labute approximate surface area is 133 Å². The Hall–Kier alpha value is -2.60. The Morgan fingerprint density at radius 3 is 2.48 bits per heavy atom. The first-order chi connectivity index (χ1) is 11.0. The normalized spacial score (nSPS) is 11.4. The third kappa shape index (κ3) is 2.98. The number of hydrogen-bond donors (Lipinski definition) is 1. The van der Waals surface area contributed by atoms with Crippen LogP contribution in [-0.4, -0.2) is 15.5 Å². The summed E-state index contributed by atoms with van der Waals surface area (Å²) in [6.07, 6.45) is 0. The van der Waals surface area contributed by atoms with Gasteiger partial charge < -0.3 is 4.74 Å². The SMILES string of the molecule is COc1ccc(S(=O)(=O)Nc2cccc3ccccc23)cc1F. The fraction of sp³-hybridized carbons (Fsp3) is 0.0588. The van der Waals surface area contributed by atoms with Gasteiger partial charge in [-0.25, -0.2) is 12.8 Å². The van der Waals surface area contributed by atoms with Crippen LogP contribution >= 0.6 is 0 Å². The highest BCUT2D eigenvalue weighted by molar-refractivity contribution is 7.92. The van der Waals surface area contributed by atoms with Crippen molar-refractivity contribution in [2.45, 2.75) is 4.90 Å². The number of benzene rings is 3. The standard InChI is InChI=1S/C17H14FNO3S/c1-22-17-10-9-13(11-15(17)18)23(20,21)19-16-8-4-6-12-5-2-3-7-14(12)16/h2-11,19H,1H3. The highest BCUT2D eigenvalue weighted by Gasteiger charge is 2.17. The quantitative estimate of drug-likeness (QED) is 0.791. The van der Waals surface area contributed by atoms with Crippen molar-refractivity contribution in [2.75, 3.05) is 11.8 Å². The van der Waals surface area contributed by atoms with Crippen LogP contribution in [0.1, 0.15) is 0 Å². The predicted octanol–water partition coefficient (Wildman–Crippen LogP) is 3.79. The lowest BCUT2D eigenvalue weighted by Gasteiger charge is -2.11. The molecule has 0 saturated heterocycles. The Bertz CT molecular complexity index is 965. The fourth-order valence-corrected chi connectivity index (χ4v) is 3.42. The number of ether oxygens (including phenoxy) is 1. The summed E-state index contributed by atoms with van der Waals surface area (Å²) in [7, 11) is -2.58. The van der Waals surface area contributed by atoms with E-state index in [4.69, 9.17) is 4.74 Å². The van der Waals surface area contributed by atoms with E-state index in [-0.39, 0.29) is 10.6 Å². The Morgan fingerprint density at radius 2 is 1.74 bits per heavy atom. The van der Waals surface area contributed by atoms with Gasteiger partial charge in [0, 0.05) is 5.39 Å². The monoisotopic (exact) mass is 331 g/mol. The third-order valence-electron chi connectivity index (χ3n) is 3.47. The molecule has 0 radical (unpaired) electrons. The molecule has 0 aliphatic carbocycles. The summed E-state index contributed by atoms with van der Waals surface area (Å²) in [5.74, 6) is -0.734. The minimum atomic E-state index is -3.90. The molecule has 118 valence electrons. The van der Waals surface area contributed by atoms with Gasteiger partial charge in [0.2, 0.25) is 0 Å². The van der Waals surface area contributed by atoms with Gasteiger partial charge in [-0.05, 0) is 29.7 Å². The molecular weight excluding hydrogens is 317 g/mol. The van der Waals surface area contributed by atoms with E-state index in [0.717, 1.165) is 16.8 Å². The maximum absolute atomic E-state index is 13.8. The zero-order valence-corrected chi connectivity index (χ0v) is 13.1. The fourth-order valence-electron chi connectivity index (χ4n) is 2.33. The van der Waals surface area contributed by atoms with E-state index in [2.05, 4.69) is 4.72 Å². The molecule has 1 N–H and O–H groups in total. The molecule has 3 aromatic carbocycles. The first kappa shape index (κ1) is 15.3. The summed E-state index contributed by atoms with van der Waals surface area (Å²) in [5.41, 5.74) is 0.444. The van der Waals surface area contributed by atoms with Crippen LogP contribution in [0.4, 0.5) is 10.1 Å². The molecule has 0 spiro atoms. The Balaban J connectivity index is 2.02. The molecule has 0 bridgehead atoms. The van der Waals surface area contributed by atoms with Crippen molar-refractivity contribution in [1.82, 2.24) is 0 Å². The third-order valence-corrected chi connectivity index (χ3v) is 4.83. The Morgan fingerprint density at radius 1 is 1.00 bits per heavy atom. The number of halogens is 1. The number of methoxy groups -OCH3 is 1. The lowest BCUT2D eigenvalue weighted by molar-refractivity contribution is 0.385. The number of rotatable bonds is 4.